The third-order valence-corrected chi connectivity index (χ3v) is 2.49. The molecule has 0 amide bonds. The van der Waals surface area contributed by atoms with Crippen molar-refractivity contribution in [3.63, 3.8) is 0 Å². The molecule has 1 saturated carbocycles. The Labute approximate surface area is 81.0 Å². The highest BCUT2D eigenvalue weighted by molar-refractivity contribution is 5.67. The van der Waals surface area contributed by atoms with Crippen LogP contribution in [-0.2, 0) is 9.63 Å². The number of nitrogens with zero attached hydrogens (tertiary/aromatic N) is 1. The number of rotatable bonds is 4. The Morgan fingerprint density at radius 3 is 2.43 bits per heavy atom. The van der Waals surface area contributed by atoms with Crippen LogP contribution in [0, 0.1) is 16.0 Å². The Balaban J connectivity index is 2.24. The summed E-state index contributed by atoms with van der Waals surface area (Å²) in [6.45, 7) is 0. The molecule has 1 aliphatic carbocycles. The molecular weight excluding hydrogens is 190 g/mol. The molecule has 0 aromatic carbocycles. The van der Waals surface area contributed by atoms with Crippen molar-refractivity contribution in [2.75, 3.05) is 0 Å². The van der Waals surface area contributed by atoms with Crippen molar-refractivity contribution in [1.82, 2.24) is 0 Å². The maximum Gasteiger partial charge on any atom is 0.303 e. The summed E-state index contributed by atoms with van der Waals surface area (Å²) >= 11 is 0. The normalized spacial score (nSPS) is 26.9. The average molecular weight is 203 g/mol. The highest BCUT2D eigenvalue weighted by Crippen LogP contribution is 2.28. The van der Waals surface area contributed by atoms with Gasteiger partial charge in [-0.05, 0) is 31.6 Å². The van der Waals surface area contributed by atoms with Crippen molar-refractivity contribution in [2.45, 2.75) is 38.2 Å². The molecule has 80 valence electrons. The number of hydrogen-bond acceptors (Lipinski definition) is 4. The molecule has 0 aromatic rings. The monoisotopic (exact) mass is 203 g/mol. The lowest BCUT2D eigenvalue weighted by Crippen LogP contribution is -2.25. The molecule has 1 aliphatic rings. The van der Waals surface area contributed by atoms with Crippen LogP contribution in [0.5, 0.6) is 0 Å². The zero-order valence-corrected chi connectivity index (χ0v) is 7.72. The van der Waals surface area contributed by atoms with Crippen LogP contribution in [0.2, 0.25) is 0 Å². The van der Waals surface area contributed by atoms with Crippen LogP contribution in [0.4, 0.5) is 0 Å². The summed E-state index contributed by atoms with van der Waals surface area (Å²) < 4.78 is 0. The Morgan fingerprint density at radius 2 is 2.00 bits per heavy atom. The summed E-state index contributed by atoms with van der Waals surface area (Å²) in [5, 5.41) is 17.8. The zero-order valence-electron chi connectivity index (χ0n) is 7.72. The number of aliphatic carboxylic acids is 1. The van der Waals surface area contributed by atoms with Gasteiger partial charge >= 0.3 is 5.97 Å². The first-order valence-electron chi connectivity index (χ1n) is 4.61. The van der Waals surface area contributed by atoms with Crippen molar-refractivity contribution >= 4 is 5.97 Å². The lowest BCUT2D eigenvalue weighted by molar-refractivity contribution is -0.769. The van der Waals surface area contributed by atoms with Crippen molar-refractivity contribution < 1.29 is 19.8 Å². The summed E-state index contributed by atoms with van der Waals surface area (Å²) in [6, 6.07) is 0. The predicted molar refractivity (Wildman–Crippen MR) is 46.1 cm³/mol. The van der Waals surface area contributed by atoms with Crippen LogP contribution in [0.3, 0.4) is 0 Å². The number of carboxylic acids is 1. The first-order valence-corrected chi connectivity index (χ1v) is 4.61. The summed E-state index contributed by atoms with van der Waals surface area (Å²) in [6.07, 6.45) is 2.38. The van der Waals surface area contributed by atoms with Crippen molar-refractivity contribution in [3.8, 4) is 0 Å². The third kappa shape index (κ3) is 3.59. The number of carboxylic acid groups (broad SMARTS) is 1. The van der Waals surface area contributed by atoms with Gasteiger partial charge in [0.1, 0.15) is 6.10 Å². The van der Waals surface area contributed by atoms with Gasteiger partial charge in [-0.25, -0.2) is 0 Å². The van der Waals surface area contributed by atoms with Gasteiger partial charge in [0, 0.05) is 6.42 Å². The predicted octanol–water partition coefficient (Wildman–Crippen LogP) is 1.23. The molecule has 14 heavy (non-hydrogen) atoms. The molecule has 0 spiro atoms. The smallest absolute Gasteiger partial charge is 0.303 e. The van der Waals surface area contributed by atoms with E-state index in [1.54, 1.807) is 0 Å². The molecule has 0 atom stereocenters. The highest BCUT2D eigenvalue weighted by Gasteiger charge is 2.24. The van der Waals surface area contributed by atoms with Crippen molar-refractivity contribution in [3.05, 3.63) is 10.1 Å². The van der Waals surface area contributed by atoms with E-state index in [0.717, 1.165) is 0 Å². The quantitative estimate of drug-likeness (QED) is 0.548. The lowest BCUT2D eigenvalue weighted by Gasteiger charge is -2.25. The topological polar surface area (TPSA) is 89.7 Å². The van der Waals surface area contributed by atoms with Gasteiger partial charge in [0.05, 0.1) is 0 Å². The maximum absolute atomic E-state index is 10.4. The fraction of sp³-hybridized carbons (Fsp3) is 0.875. The zero-order chi connectivity index (χ0) is 10.6. The molecule has 0 bridgehead atoms. The van der Waals surface area contributed by atoms with Gasteiger partial charge in [-0.2, -0.15) is 0 Å². The Morgan fingerprint density at radius 1 is 1.43 bits per heavy atom. The van der Waals surface area contributed by atoms with E-state index >= 15 is 0 Å². The van der Waals surface area contributed by atoms with Crippen LogP contribution >= 0.6 is 0 Å². The van der Waals surface area contributed by atoms with Crippen LogP contribution in [0.25, 0.3) is 0 Å². The largest absolute Gasteiger partial charge is 0.481 e. The molecule has 6 heteroatoms. The van der Waals surface area contributed by atoms with Crippen LogP contribution < -0.4 is 0 Å². The first-order chi connectivity index (χ1) is 6.58. The molecule has 0 unspecified atom stereocenters. The van der Waals surface area contributed by atoms with E-state index < -0.39 is 11.1 Å². The molecule has 0 aromatic heterocycles. The van der Waals surface area contributed by atoms with Crippen LogP contribution in [-0.4, -0.2) is 22.3 Å². The van der Waals surface area contributed by atoms with Gasteiger partial charge in [-0.3, -0.25) is 4.79 Å². The summed E-state index contributed by atoms with van der Waals surface area (Å²) in [5.74, 6) is -0.650. The summed E-state index contributed by atoms with van der Waals surface area (Å²) in [5.41, 5.74) is 0. The fourth-order valence-electron chi connectivity index (χ4n) is 1.81. The second-order valence-corrected chi connectivity index (χ2v) is 3.57. The van der Waals surface area contributed by atoms with E-state index in [1.807, 2.05) is 0 Å². The van der Waals surface area contributed by atoms with Crippen molar-refractivity contribution in [2.24, 2.45) is 5.92 Å². The molecule has 0 heterocycles. The van der Waals surface area contributed by atoms with Crippen LogP contribution in [0.1, 0.15) is 32.1 Å². The Hall–Kier alpha value is -1.33. The van der Waals surface area contributed by atoms with Crippen molar-refractivity contribution in [1.29, 1.82) is 0 Å². The molecule has 0 saturated heterocycles. The first kappa shape index (κ1) is 10.7. The minimum atomic E-state index is -0.802. The second-order valence-electron chi connectivity index (χ2n) is 3.57. The minimum absolute atomic E-state index is 0.152. The molecule has 1 rings (SSSR count). The highest BCUT2D eigenvalue weighted by atomic mass is 17.0. The maximum atomic E-state index is 10.4. The van der Waals surface area contributed by atoms with E-state index in [1.165, 1.54) is 0 Å². The molecule has 0 radical (unpaired) electrons. The SMILES string of the molecule is O=C(O)CC1CCC(O[N+](=O)[O-])CC1. The van der Waals surface area contributed by atoms with E-state index in [2.05, 4.69) is 4.84 Å². The third-order valence-electron chi connectivity index (χ3n) is 2.49. The average Bonchev–Trinajstić information content (AvgIpc) is 2.06. The Bertz CT molecular complexity index is 198. The Kier molecular flexibility index (Phi) is 3.67. The molecule has 0 aliphatic heterocycles. The van der Waals surface area contributed by atoms with E-state index in [-0.39, 0.29) is 18.4 Å². The molecule has 6 nitrogen and oxygen atoms in total. The van der Waals surface area contributed by atoms with Gasteiger partial charge < -0.3 is 9.94 Å². The van der Waals surface area contributed by atoms with Gasteiger partial charge in [0.2, 0.25) is 0 Å². The van der Waals surface area contributed by atoms with E-state index in [0.29, 0.717) is 25.7 Å². The summed E-state index contributed by atoms with van der Waals surface area (Å²) in [7, 11) is 0. The van der Waals surface area contributed by atoms with Gasteiger partial charge in [0.15, 0.2) is 0 Å². The number of carbonyl (C=O) groups is 1. The minimum Gasteiger partial charge on any atom is -0.481 e. The van der Waals surface area contributed by atoms with Gasteiger partial charge in [-0.1, -0.05) is 0 Å². The molecule has 1 fully saturated rings. The molecular formula is C8H13NO5. The van der Waals surface area contributed by atoms with E-state index in [9.17, 15) is 14.9 Å². The fourth-order valence-corrected chi connectivity index (χ4v) is 1.81. The van der Waals surface area contributed by atoms with Gasteiger partial charge in [-0.15, -0.1) is 10.1 Å². The number of hydrogen-bond donors (Lipinski definition) is 1. The van der Waals surface area contributed by atoms with Gasteiger partial charge in [0.25, 0.3) is 5.09 Å². The molecule has 1 N–H and O–H groups in total. The van der Waals surface area contributed by atoms with E-state index in [4.69, 9.17) is 5.11 Å². The summed E-state index contributed by atoms with van der Waals surface area (Å²) in [4.78, 5) is 24.8. The second kappa shape index (κ2) is 4.78. The van der Waals surface area contributed by atoms with Crippen LogP contribution in [0.15, 0.2) is 0 Å². The lowest BCUT2D eigenvalue weighted by atomic mass is 9.85. The standard InChI is InChI=1S/C8H13NO5/c10-8(11)5-6-1-3-7(4-2-6)14-9(12)13/h6-7H,1-5H2,(H,10,11).